The summed E-state index contributed by atoms with van der Waals surface area (Å²) in [5.74, 6) is -0.928. The number of carbonyl (C=O) groups is 2. The molecule has 2 aromatic rings. The molecule has 0 spiro atoms. The fraction of sp³-hybridized carbons (Fsp3) is 0.111. The lowest BCUT2D eigenvalue weighted by molar-refractivity contribution is -0.124. The summed E-state index contributed by atoms with van der Waals surface area (Å²) in [5.41, 5.74) is 3.94. The molecule has 0 aromatic heterocycles. The van der Waals surface area contributed by atoms with Crippen LogP contribution in [0.4, 0.5) is 5.69 Å². The number of hydrogen-bond donors (Lipinski definition) is 3. The van der Waals surface area contributed by atoms with Gasteiger partial charge >= 0.3 is 0 Å². The highest BCUT2D eigenvalue weighted by Gasteiger charge is 2.14. The molecule has 0 saturated carbocycles. The number of hydrogen-bond acceptors (Lipinski definition) is 3. The average molecular weight is 310 g/mol. The summed E-state index contributed by atoms with van der Waals surface area (Å²) in [7, 11) is 0. The number of amides is 2. The number of benzene rings is 2. The SMILES string of the molecule is CC(C(=O)Nc1ccc(/C=C/C(=O)NO)cc1)c1ccccc1. The van der Waals surface area contributed by atoms with E-state index in [1.807, 2.05) is 37.3 Å². The second kappa shape index (κ2) is 7.91. The first-order chi connectivity index (χ1) is 11.1. The van der Waals surface area contributed by atoms with Crippen molar-refractivity contribution in [1.29, 1.82) is 0 Å². The topological polar surface area (TPSA) is 78.4 Å². The molecule has 2 aromatic carbocycles. The third kappa shape index (κ3) is 4.79. The minimum atomic E-state index is -0.598. The Morgan fingerprint density at radius 2 is 1.70 bits per heavy atom. The standard InChI is InChI=1S/C18H18N2O3/c1-13(15-5-3-2-4-6-15)18(22)19-16-10-7-14(8-11-16)9-12-17(21)20-23/h2-13,23H,1H3,(H,19,22)(H,20,21)/b12-9+. The molecule has 2 amide bonds. The van der Waals surface area contributed by atoms with Crippen molar-refractivity contribution in [2.24, 2.45) is 0 Å². The molecule has 5 nitrogen and oxygen atoms in total. The summed E-state index contributed by atoms with van der Waals surface area (Å²) in [5, 5.41) is 11.3. The van der Waals surface area contributed by atoms with Crippen LogP contribution in [-0.2, 0) is 9.59 Å². The predicted molar refractivity (Wildman–Crippen MR) is 88.9 cm³/mol. The first-order valence-electron chi connectivity index (χ1n) is 7.18. The van der Waals surface area contributed by atoms with Crippen molar-refractivity contribution < 1.29 is 14.8 Å². The first kappa shape index (κ1) is 16.5. The fourth-order valence-electron chi connectivity index (χ4n) is 2.03. The van der Waals surface area contributed by atoms with Crippen LogP contribution in [0, 0.1) is 0 Å². The van der Waals surface area contributed by atoms with Crippen molar-refractivity contribution in [2.75, 3.05) is 5.32 Å². The molecule has 0 bridgehead atoms. The molecule has 5 heteroatoms. The lowest BCUT2D eigenvalue weighted by Crippen LogP contribution is -2.18. The summed E-state index contributed by atoms with van der Waals surface area (Å²) in [6, 6.07) is 16.6. The van der Waals surface area contributed by atoms with Gasteiger partial charge in [-0.05, 0) is 36.3 Å². The molecule has 0 aliphatic carbocycles. The van der Waals surface area contributed by atoms with E-state index in [9.17, 15) is 9.59 Å². The van der Waals surface area contributed by atoms with Crippen molar-refractivity contribution in [2.45, 2.75) is 12.8 Å². The van der Waals surface area contributed by atoms with Crippen LogP contribution >= 0.6 is 0 Å². The highest BCUT2D eigenvalue weighted by molar-refractivity contribution is 5.95. The molecular formula is C18H18N2O3. The van der Waals surface area contributed by atoms with E-state index < -0.39 is 5.91 Å². The van der Waals surface area contributed by atoms with E-state index in [4.69, 9.17) is 5.21 Å². The van der Waals surface area contributed by atoms with Crippen LogP contribution in [-0.4, -0.2) is 17.0 Å². The van der Waals surface area contributed by atoms with E-state index in [1.54, 1.807) is 30.3 Å². The predicted octanol–water partition coefficient (Wildman–Crippen LogP) is 2.95. The Bertz CT molecular complexity index is 694. The summed E-state index contributed by atoms with van der Waals surface area (Å²) in [4.78, 5) is 23.1. The molecule has 1 atom stereocenters. The summed E-state index contributed by atoms with van der Waals surface area (Å²) < 4.78 is 0. The summed E-state index contributed by atoms with van der Waals surface area (Å²) >= 11 is 0. The zero-order chi connectivity index (χ0) is 16.7. The van der Waals surface area contributed by atoms with Crippen molar-refractivity contribution >= 4 is 23.6 Å². The molecule has 118 valence electrons. The van der Waals surface area contributed by atoms with Crippen LogP contribution in [0.1, 0.15) is 24.0 Å². The molecule has 3 N–H and O–H groups in total. The number of anilines is 1. The minimum absolute atomic E-state index is 0.0841. The van der Waals surface area contributed by atoms with Crippen molar-refractivity contribution in [3.05, 3.63) is 71.8 Å². The van der Waals surface area contributed by atoms with Crippen molar-refractivity contribution in [3.63, 3.8) is 0 Å². The van der Waals surface area contributed by atoms with Crippen LogP contribution in [0.15, 0.2) is 60.7 Å². The molecule has 2 rings (SSSR count). The third-order valence-corrected chi connectivity index (χ3v) is 3.41. The van der Waals surface area contributed by atoms with Gasteiger partial charge in [-0.3, -0.25) is 14.8 Å². The molecule has 0 saturated heterocycles. The monoisotopic (exact) mass is 310 g/mol. The van der Waals surface area contributed by atoms with Crippen molar-refractivity contribution in [1.82, 2.24) is 5.48 Å². The highest BCUT2D eigenvalue weighted by Crippen LogP contribution is 2.18. The largest absolute Gasteiger partial charge is 0.326 e. The van der Waals surface area contributed by atoms with Gasteiger partial charge in [0.2, 0.25) is 5.91 Å². The van der Waals surface area contributed by atoms with E-state index in [0.29, 0.717) is 5.69 Å². The van der Waals surface area contributed by atoms with Crippen LogP contribution in [0.2, 0.25) is 0 Å². The molecular weight excluding hydrogens is 292 g/mol. The quantitative estimate of drug-likeness (QED) is 0.451. The van der Waals surface area contributed by atoms with Gasteiger partial charge in [-0.1, -0.05) is 42.5 Å². The zero-order valence-corrected chi connectivity index (χ0v) is 12.7. The molecule has 0 aliphatic rings. The Morgan fingerprint density at radius 3 is 2.30 bits per heavy atom. The van der Waals surface area contributed by atoms with Gasteiger partial charge < -0.3 is 5.32 Å². The van der Waals surface area contributed by atoms with Gasteiger partial charge in [-0.15, -0.1) is 0 Å². The lowest BCUT2D eigenvalue weighted by Gasteiger charge is -2.12. The van der Waals surface area contributed by atoms with Gasteiger partial charge in [0.15, 0.2) is 0 Å². The molecule has 1 unspecified atom stereocenters. The molecule has 0 heterocycles. The van der Waals surface area contributed by atoms with E-state index in [-0.39, 0.29) is 11.8 Å². The van der Waals surface area contributed by atoms with Gasteiger partial charge in [-0.2, -0.15) is 0 Å². The Labute approximate surface area is 134 Å². The maximum absolute atomic E-state index is 12.2. The number of hydroxylamine groups is 1. The van der Waals surface area contributed by atoms with Gasteiger partial charge in [0.25, 0.3) is 5.91 Å². The summed E-state index contributed by atoms with van der Waals surface area (Å²) in [6.45, 7) is 1.86. The zero-order valence-electron chi connectivity index (χ0n) is 12.7. The Balaban J connectivity index is 1.99. The van der Waals surface area contributed by atoms with Crippen LogP contribution < -0.4 is 10.8 Å². The number of rotatable bonds is 5. The maximum Gasteiger partial charge on any atom is 0.267 e. The maximum atomic E-state index is 12.2. The highest BCUT2D eigenvalue weighted by atomic mass is 16.5. The van der Waals surface area contributed by atoms with E-state index in [2.05, 4.69) is 5.32 Å². The smallest absolute Gasteiger partial charge is 0.267 e. The number of carbonyl (C=O) groups excluding carboxylic acids is 2. The second-order valence-corrected chi connectivity index (χ2v) is 5.05. The van der Waals surface area contributed by atoms with Crippen LogP contribution in [0.25, 0.3) is 6.08 Å². The third-order valence-electron chi connectivity index (χ3n) is 3.41. The molecule has 23 heavy (non-hydrogen) atoms. The van der Waals surface area contributed by atoms with Crippen LogP contribution in [0.3, 0.4) is 0 Å². The van der Waals surface area contributed by atoms with E-state index in [0.717, 1.165) is 11.1 Å². The second-order valence-electron chi connectivity index (χ2n) is 5.05. The van der Waals surface area contributed by atoms with E-state index in [1.165, 1.54) is 11.6 Å². The van der Waals surface area contributed by atoms with Gasteiger partial charge in [0.05, 0.1) is 5.92 Å². The minimum Gasteiger partial charge on any atom is -0.326 e. The van der Waals surface area contributed by atoms with E-state index >= 15 is 0 Å². The fourth-order valence-corrected chi connectivity index (χ4v) is 2.03. The Kier molecular flexibility index (Phi) is 5.66. The van der Waals surface area contributed by atoms with Crippen LogP contribution in [0.5, 0.6) is 0 Å². The van der Waals surface area contributed by atoms with Gasteiger partial charge in [0.1, 0.15) is 0 Å². The van der Waals surface area contributed by atoms with Gasteiger partial charge in [0, 0.05) is 11.8 Å². The molecule has 0 aliphatic heterocycles. The summed E-state index contributed by atoms with van der Waals surface area (Å²) in [6.07, 6.45) is 2.77. The Morgan fingerprint density at radius 1 is 1.04 bits per heavy atom. The molecule has 0 radical (unpaired) electrons. The normalized spacial score (nSPS) is 11.9. The lowest BCUT2D eigenvalue weighted by atomic mass is 10.0. The van der Waals surface area contributed by atoms with Crippen molar-refractivity contribution in [3.8, 4) is 0 Å². The number of nitrogens with one attached hydrogen (secondary N) is 2. The Hall–Kier alpha value is -2.92. The van der Waals surface area contributed by atoms with Gasteiger partial charge in [-0.25, -0.2) is 5.48 Å². The first-order valence-corrected chi connectivity index (χ1v) is 7.18. The average Bonchev–Trinajstić information content (AvgIpc) is 2.60. The molecule has 0 fully saturated rings.